The predicted molar refractivity (Wildman–Crippen MR) is 105 cm³/mol. The van der Waals surface area contributed by atoms with Crippen LogP contribution in [0.15, 0.2) is 55.0 Å². The van der Waals surface area contributed by atoms with Crippen LogP contribution in [0.25, 0.3) is 11.3 Å². The van der Waals surface area contributed by atoms with Gasteiger partial charge in [-0.05, 0) is 25.1 Å². The minimum absolute atomic E-state index is 0.122. The van der Waals surface area contributed by atoms with E-state index in [1.165, 1.54) is 0 Å². The van der Waals surface area contributed by atoms with Crippen molar-refractivity contribution in [3.63, 3.8) is 0 Å². The minimum Gasteiger partial charge on any atom is -0.496 e. The summed E-state index contributed by atoms with van der Waals surface area (Å²) >= 11 is 0. The lowest BCUT2D eigenvalue weighted by molar-refractivity contribution is 0.395. The molecule has 5 nitrogen and oxygen atoms in total. The molecule has 134 valence electrons. The van der Waals surface area contributed by atoms with E-state index in [9.17, 15) is 0 Å². The minimum atomic E-state index is -0.122. The first-order valence-corrected chi connectivity index (χ1v) is 8.62. The zero-order chi connectivity index (χ0) is 18.6. The standard InChI is InChI=1S/C21H24N4O/c1-15-9-10-16(12-22-15)18-11-20(25-14-24-18)23-13-21(2,3)17-7-5-6-8-19(17)26-4/h5-12,14H,13H2,1-4H3,(H,23,24,25). The Hall–Kier alpha value is -2.95. The fourth-order valence-corrected chi connectivity index (χ4v) is 2.84. The molecular weight excluding hydrogens is 324 g/mol. The second-order valence-electron chi connectivity index (χ2n) is 6.91. The molecule has 0 radical (unpaired) electrons. The summed E-state index contributed by atoms with van der Waals surface area (Å²) in [6, 6.07) is 14.1. The van der Waals surface area contributed by atoms with E-state index in [-0.39, 0.29) is 5.41 Å². The molecule has 26 heavy (non-hydrogen) atoms. The summed E-state index contributed by atoms with van der Waals surface area (Å²) in [6.45, 7) is 7.06. The van der Waals surface area contributed by atoms with Crippen LogP contribution in [0.5, 0.6) is 5.75 Å². The van der Waals surface area contributed by atoms with Gasteiger partial charge in [-0.2, -0.15) is 0 Å². The lowest BCUT2D eigenvalue weighted by Gasteiger charge is -2.27. The molecule has 1 aromatic carbocycles. The van der Waals surface area contributed by atoms with Gasteiger partial charge in [-0.15, -0.1) is 0 Å². The highest BCUT2D eigenvalue weighted by atomic mass is 16.5. The van der Waals surface area contributed by atoms with Crippen LogP contribution in [0.3, 0.4) is 0 Å². The highest BCUT2D eigenvalue weighted by Gasteiger charge is 2.24. The number of para-hydroxylation sites is 1. The maximum absolute atomic E-state index is 5.51. The van der Waals surface area contributed by atoms with Gasteiger partial charge < -0.3 is 10.1 Å². The van der Waals surface area contributed by atoms with E-state index in [0.717, 1.165) is 40.6 Å². The summed E-state index contributed by atoms with van der Waals surface area (Å²) < 4.78 is 5.51. The van der Waals surface area contributed by atoms with Crippen molar-refractivity contribution in [3.05, 3.63) is 66.2 Å². The molecule has 0 saturated heterocycles. The van der Waals surface area contributed by atoms with Crippen LogP contribution in [0, 0.1) is 6.92 Å². The van der Waals surface area contributed by atoms with E-state index < -0.39 is 0 Å². The molecule has 0 unspecified atom stereocenters. The average Bonchev–Trinajstić information content (AvgIpc) is 2.67. The van der Waals surface area contributed by atoms with Crippen LogP contribution < -0.4 is 10.1 Å². The summed E-state index contributed by atoms with van der Waals surface area (Å²) in [5, 5.41) is 3.43. The van der Waals surface area contributed by atoms with Crippen LogP contribution in [0.1, 0.15) is 25.1 Å². The molecule has 0 bridgehead atoms. The Balaban J connectivity index is 1.77. The Labute approximate surface area is 154 Å². The van der Waals surface area contributed by atoms with E-state index in [2.05, 4.69) is 40.2 Å². The summed E-state index contributed by atoms with van der Waals surface area (Å²) in [5.41, 5.74) is 3.85. The van der Waals surface area contributed by atoms with E-state index in [0.29, 0.717) is 0 Å². The highest BCUT2D eigenvalue weighted by Crippen LogP contribution is 2.31. The van der Waals surface area contributed by atoms with Crippen LogP contribution in [-0.4, -0.2) is 28.6 Å². The topological polar surface area (TPSA) is 59.9 Å². The first kappa shape index (κ1) is 17.9. The Morgan fingerprint density at radius 2 is 1.85 bits per heavy atom. The second-order valence-corrected chi connectivity index (χ2v) is 6.91. The van der Waals surface area contributed by atoms with Crippen LogP contribution in [0.4, 0.5) is 5.82 Å². The molecule has 0 fully saturated rings. The zero-order valence-corrected chi connectivity index (χ0v) is 15.7. The normalized spacial score (nSPS) is 11.2. The third-order valence-corrected chi connectivity index (χ3v) is 4.42. The number of pyridine rings is 1. The Kier molecular flexibility index (Phi) is 5.16. The summed E-state index contributed by atoms with van der Waals surface area (Å²) in [7, 11) is 1.70. The highest BCUT2D eigenvalue weighted by molar-refractivity contribution is 5.61. The number of hydrogen-bond donors (Lipinski definition) is 1. The molecule has 0 aliphatic rings. The number of aryl methyl sites for hydroxylation is 1. The van der Waals surface area contributed by atoms with Gasteiger partial charge in [-0.1, -0.05) is 32.0 Å². The van der Waals surface area contributed by atoms with Gasteiger partial charge in [0.15, 0.2) is 0 Å². The first-order chi connectivity index (χ1) is 12.5. The predicted octanol–water partition coefficient (Wildman–Crippen LogP) is 4.25. The largest absolute Gasteiger partial charge is 0.496 e. The number of ether oxygens (including phenoxy) is 1. The van der Waals surface area contributed by atoms with E-state index in [1.54, 1.807) is 13.4 Å². The fourth-order valence-electron chi connectivity index (χ4n) is 2.84. The molecule has 3 rings (SSSR count). The third kappa shape index (κ3) is 3.99. The Morgan fingerprint density at radius 1 is 1.04 bits per heavy atom. The van der Waals surface area contributed by atoms with Crippen molar-refractivity contribution in [3.8, 4) is 17.0 Å². The van der Waals surface area contributed by atoms with Crippen molar-refractivity contribution in [1.82, 2.24) is 15.0 Å². The van der Waals surface area contributed by atoms with E-state index >= 15 is 0 Å². The molecule has 0 spiro atoms. The van der Waals surface area contributed by atoms with Gasteiger partial charge >= 0.3 is 0 Å². The molecule has 2 aromatic heterocycles. The summed E-state index contributed by atoms with van der Waals surface area (Å²) in [5.74, 6) is 1.69. The molecule has 0 aliphatic carbocycles. The van der Waals surface area contributed by atoms with Gasteiger partial charge in [0.1, 0.15) is 17.9 Å². The fraction of sp³-hybridized carbons (Fsp3) is 0.286. The molecule has 3 aromatic rings. The average molecular weight is 348 g/mol. The van der Waals surface area contributed by atoms with Crippen molar-refractivity contribution in [2.45, 2.75) is 26.2 Å². The van der Waals surface area contributed by atoms with Crippen molar-refractivity contribution in [1.29, 1.82) is 0 Å². The van der Waals surface area contributed by atoms with Gasteiger partial charge in [0.05, 0.1) is 12.8 Å². The number of methoxy groups -OCH3 is 1. The molecular formula is C21H24N4O. The maximum Gasteiger partial charge on any atom is 0.129 e. The summed E-state index contributed by atoms with van der Waals surface area (Å²) in [4.78, 5) is 13.0. The molecule has 0 aliphatic heterocycles. The Bertz CT molecular complexity index is 875. The number of benzene rings is 1. The van der Waals surface area contributed by atoms with Crippen molar-refractivity contribution < 1.29 is 4.74 Å². The number of rotatable bonds is 6. The van der Waals surface area contributed by atoms with Crippen LogP contribution in [0.2, 0.25) is 0 Å². The van der Waals surface area contributed by atoms with Crippen molar-refractivity contribution in [2.24, 2.45) is 0 Å². The van der Waals surface area contributed by atoms with Gasteiger partial charge in [-0.3, -0.25) is 4.98 Å². The lowest BCUT2D eigenvalue weighted by atomic mass is 9.84. The quantitative estimate of drug-likeness (QED) is 0.722. The zero-order valence-electron chi connectivity index (χ0n) is 15.7. The number of nitrogens with zero attached hydrogens (tertiary/aromatic N) is 3. The second kappa shape index (κ2) is 7.52. The number of nitrogens with one attached hydrogen (secondary N) is 1. The number of aromatic nitrogens is 3. The number of hydrogen-bond acceptors (Lipinski definition) is 5. The first-order valence-electron chi connectivity index (χ1n) is 8.62. The smallest absolute Gasteiger partial charge is 0.129 e. The van der Waals surface area contributed by atoms with E-state index in [1.807, 2.05) is 49.5 Å². The number of anilines is 1. The van der Waals surface area contributed by atoms with Gasteiger partial charge in [-0.25, -0.2) is 9.97 Å². The molecule has 0 amide bonds. The molecule has 5 heteroatoms. The molecule has 0 saturated carbocycles. The Morgan fingerprint density at radius 3 is 2.58 bits per heavy atom. The molecule has 2 heterocycles. The van der Waals surface area contributed by atoms with Gasteiger partial charge in [0, 0.05) is 41.0 Å². The van der Waals surface area contributed by atoms with Gasteiger partial charge in [0.2, 0.25) is 0 Å². The van der Waals surface area contributed by atoms with Crippen LogP contribution >= 0.6 is 0 Å². The molecule has 1 N–H and O–H groups in total. The maximum atomic E-state index is 5.51. The lowest BCUT2D eigenvalue weighted by Crippen LogP contribution is -2.28. The van der Waals surface area contributed by atoms with Crippen molar-refractivity contribution >= 4 is 5.82 Å². The SMILES string of the molecule is COc1ccccc1C(C)(C)CNc1cc(-c2ccc(C)nc2)ncn1. The monoisotopic (exact) mass is 348 g/mol. The third-order valence-electron chi connectivity index (χ3n) is 4.42. The summed E-state index contributed by atoms with van der Waals surface area (Å²) in [6.07, 6.45) is 3.41. The van der Waals surface area contributed by atoms with Gasteiger partial charge in [0.25, 0.3) is 0 Å². The van der Waals surface area contributed by atoms with Crippen LogP contribution in [-0.2, 0) is 5.41 Å². The van der Waals surface area contributed by atoms with E-state index in [4.69, 9.17) is 4.74 Å². The van der Waals surface area contributed by atoms with Crippen molar-refractivity contribution in [2.75, 3.05) is 19.0 Å². The molecule has 0 atom stereocenters.